The van der Waals surface area contributed by atoms with Crippen LogP contribution in [0.2, 0.25) is 0 Å². The van der Waals surface area contributed by atoms with Crippen LogP contribution in [0.1, 0.15) is 25.3 Å². The van der Waals surface area contributed by atoms with Crippen LogP contribution in [-0.4, -0.2) is 35.6 Å². The molecule has 1 saturated heterocycles. The van der Waals surface area contributed by atoms with Crippen molar-refractivity contribution >= 4 is 17.2 Å². The first-order valence-corrected chi connectivity index (χ1v) is 7.74. The lowest BCUT2D eigenvalue weighted by molar-refractivity contribution is 0.107. The molecule has 0 radical (unpaired) electrons. The van der Waals surface area contributed by atoms with Crippen molar-refractivity contribution in [2.75, 3.05) is 19.6 Å². The number of ether oxygens (including phenoxy) is 1. The number of piperidine rings is 1. The van der Waals surface area contributed by atoms with Gasteiger partial charge in [0.15, 0.2) is 0 Å². The third kappa shape index (κ3) is 2.67. The van der Waals surface area contributed by atoms with Gasteiger partial charge in [-0.1, -0.05) is 37.3 Å². The highest BCUT2D eigenvalue weighted by Gasteiger charge is 2.34. The Bertz CT molecular complexity index is 484. The molecule has 1 aromatic carbocycles. The molecule has 1 atom stereocenters. The van der Waals surface area contributed by atoms with E-state index < -0.39 is 0 Å². The maximum Gasteiger partial charge on any atom is 0.123 e. The van der Waals surface area contributed by atoms with Crippen LogP contribution in [0.5, 0.6) is 5.75 Å². The predicted molar refractivity (Wildman–Crippen MR) is 85.1 cm³/mol. The van der Waals surface area contributed by atoms with Crippen molar-refractivity contribution in [3.63, 3.8) is 0 Å². The number of nitrogens with zero attached hydrogens (tertiary/aromatic N) is 1. The van der Waals surface area contributed by atoms with Crippen LogP contribution in [0, 0.1) is 5.41 Å². The standard InChI is InChI=1S/C16H22N2OS/c1-16(15(17)20)6-8-18(9-7-16)11-13-10-12-4-2-3-5-14(12)19-13/h2-5,13H,6-11H2,1H3,(H2,17,20). The smallest absolute Gasteiger partial charge is 0.123 e. The van der Waals surface area contributed by atoms with Gasteiger partial charge in [0.25, 0.3) is 0 Å². The summed E-state index contributed by atoms with van der Waals surface area (Å²) in [6, 6.07) is 8.35. The SMILES string of the molecule is CC1(C(N)=S)CCN(CC2Cc3ccccc3O2)CC1. The Labute approximate surface area is 126 Å². The lowest BCUT2D eigenvalue weighted by Gasteiger charge is -2.39. The normalized spacial score (nSPS) is 24.9. The number of benzene rings is 1. The third-order valence-electron chi connectivity index (χ3n) is 4.73. The molecular formula is C16H22N2OS. The maximum atomic E-state index is 6.02. The molecule has 108 valence electrons. The van der Waals surface area contributed by atoms with Crippen LogP contribution >= 0.6 is 12.2 Å². The van der Waals surface area contributed by atoms with Gasteiger partial charge in [-0.3, -0.25) is 4.90 Å². The van der Waals surface area contributed by atoms with E-state index in [1.165, 1.54) is 5.56 Å². The van der Waals surface area contributed by atoms with Crippen LogP contribution in [-0.2, 0) is 6.42 Å². The minimum absolute atomic E-state index is 0.0470. The molecule has 20 heavy (non-hydrogen) atoms. The molecule has 0 saturated carbocycles. The summed E-state index contributed by atoms with van der Waals surface area (Å²) in [7, 11) is 0. The first-order chi connectivity index (χ1) is 9.57. The van der Waals surface area contributed by atoms with Crippen molar-refractivity contribution in [2.45, 2.75) is 32.3 Å². The van der Waals surface area contributed by atoms with Crippen molar-refractivity contribution in [3.05, 3.63) is 29.8 Å². The zero-order chi connectivity index (χ0) is 14.2. The second-order valence-corrected chi connectivity index (χ2v) is 6.72. The van der Waals surface area contributed by atoms with E-state index in [1.807, 2.05) is 6.07 Å². The Morgan fingerprint density at radius 2 is 2.10 bits per heavy atom. The Morgan fingerprint density at radius 1 is 1.40 bits per heavy atom. The van der Waals surface area contributed by atoms with E-state index in [-0.39, 0.29) is 5.41 Å². The summed E-state index contributed by atoms with van der Waals surface area (Å²) in [5.41, 5.74) is 7.24. The zero-order valence-electron chi connectivity index (χ0n) is 12.0. The van der Waals surface area contributed by atoms with Crippen LogP contribution in [0.15, 0.2) is 24.3 Å². The van der Waals surface area contributed by atoms with Crippen molar-refractivity contribution < 1.29 is 4.74 Å². The molecular weight excluding hydrogens is 268 g/mol. The Balaban J connectivity index is 1.53. The number of para-hydroxylation sites is 1. The average Bonchev–Trinajstić information content (AvgIpc) is 2.83. The molecule has 2 aliphatic heterocycles. The topological polar surface area (TPSA) is 38.5 Å². The van der Waals surface area contributed by atoms with E-state index in [0.29, 0.717) is 11.1 Å². The Morgan fingerprint density at radius 3 is 2.75 bits per heavy atom. The van der Waals surface area contributed by atoms with Crippen LogP contribution in [0.3, 0.4) is 0 Å². The fourth-order valence-corrected chi connectivity index (χ4v) is 3.32. The molecule has 1 unspecified atom stereocenters. The molecule has 1 aromatic rings. The summed E-state index contributed by atoms with van der Waals surface area (Å²) in [6.07, 6.45) is 3.44. The van der Waals surface area contributed by atoms with Crippen molar-refractivity contribution in [1.82, 2.24) is 4.90 Å². The van der Waals surface area contributed by atoms with Gasteiger partial charge < -0.3 is 10.5 Å². The lowest BCUT2D eigenvalue weighted by Crippen LogP contribution is -2.47. The third-order valence-corrected chi connectivity index (χ3v) is 5.22. The molecule has 3 nitrogen and oxygen atoms in total. The molecule has 0 spiro atoms. The summed E-state index contributed by atoms with van der Waals surface area (Å²) < 4.78 is 6.02. The summed E-state index contributed by atoms with van der Waals surface area (Å²) >= 11 is 5.19. The Hall–Kier alpha value is -1.13. The van der Waals surface area contributed by atoms with Gasteiger partial charge in [-0.05, 0) is 37.6 Å². The van der Waals surface area contributed by atoms with Gasteiger partial charge >= 0.3 is 0 Å². The van der Waals surface area contributed by atoms with Gasteiger partial charge in [0, 0.05) is 18.4 Å². The number of hydrogen-bond donors (Lipinski definition) is 1. The van der Waals surface area contributed by atoms with E-state index in [1.54, 1.807) is 0 Å². The second kappa shape index (κ2) is 5.34. The van der Waals surface area contributed by atoms with Crippen molar-refractivity contribution in [3.8, 4) is 5.75 Å². The fraction of sp³-hybridized carbons (Fsp3) is 0.562. The van der Waals surface area contributed by atoms with Gasteiger partial charge in [-0.25, -0.2) is 0 Å². The van der Waals surface area contributed by atoms with Crippen LogP contribution < -0.4 is 10.5 Å². The minimum atomic E-state index is 0.0470. The predicted octanol–water partition coefficient (Wildman–Crippen LogP) is 2.38. The quantitative estimate of drug-likeness (QED) is 0.868. The molecule has 4 heteroatoms. The first kappa shape index (κ1) is 13.8. The van der Waals surface area contributed by atoms with Gasteiger partial charge in [0.2, 0.25) is 0 Å². The molecule has 1 fully saturated rings. The maximum absolute atomic E-state index is 6.02. The number of nitrogens with two attached hydrogens (primary N) is 1. The van der Waals surface area contributed by atoms with E-state index in [9.17, 15) is 0 Å². The van der Waals surface area contributed by atoms with Gasteiger partial charge in [0.1, 0.15) is 11.9 Å². The molecule has 0 aliphatic carbocycles. The highest BCUT2D eigenvalue weighted by Crippen LogP contribution is 2.33. The average molecular weight is 290 g/mol. The molecule has 0 amide bonds. The molecule has 2 N–H and O–H groups in total. The zero-order valence-corrected chi connectivity index (χ0v) is 12.8. The first-order valence-electron chi connectivity index (χ1n) is 7.34. The molecule has 2 heterocycles. The van der Waals surface area contributed by atoms with Crippen molar-refractivity contribution in [2.24, 2.45) is 11.1 Å². The molecule has 2 aliphatic rings. The largest absolute Gasteiger partial charge is 0.488 e. The summed E-state index contributed by atoms with van der Waals surface area (Å²) in [5.74, 6) is 1.06. The number of rotatable bonds is 3. The second-order valence-electron chi connectivity index (χ2n) is 6.28. The van der Waals surface area contributed by atoms with E-state index in [2.05, 4.69) is 30.0 Å². The highest BCUT2D eigenvalue weighted by atomic mass is 32.1. The van der Waals surface area contributed by atoms with E-state index in [4.69, 9.17) is 22.7 Å². The molecule has 0 bridgehead atoms. The van der Waals surface area contributed by atoms with Crippen LogP contribution in [0.25, 0.3) is 0 Å². The molecule has 3 rings (SSSR count). The number of likely N-dealkylation sites (tertiary alicyclic amines) is 1. The highest BCUT2D eigenvalue weighted by molar-refractivity contribution is 7.80. The van der Waals surface area contributed by atoms with E-state index >= 15 is 0 Å². The van der Waals surface area contributed by atoms with E-state index in [0.717, 1.165) is 44.6 Å². The minimum Gasteiger partial charge on any atom is -0.488 e. The summed E-state index contributed by atoms with van der Waals surface area (Å²) in [6.45, 7) is 5.31. The van der Waals surface area contributed by atoms with Crippen molar-refractivity contribution in [1.29, 1.82) is 0 Å². The van der Waals surface area contributed by atoms with Gasteiger partial charge in [-0.2, -0.15) is 0 Å². The van der Waals surface area contributed by atoms with Gasteiger partial charge in [0.05, 0.1) is 4.99 Å². The summed E-state index contributed by atoms with van der Waals surface area (Å²) in [4.78, 5) is 3.15. The van der Waals surface area contributed by atoms with Crippen LogP contribution in [0.4, 0.5) is 0 Å². The molecule has 0 aromatic heterocycles. The Kier molecular flexibility index (Phi) is 3.69. The number of fused-ring (bicyclic) bond motifs is 1. The monoisotopic (exact) mass is 290 g/mol. The number of thiocarbonyl (C=S) groups is 1. The number of hydrogen-bond acceptors (Lipinski definition) is 3. The lowest BCUT2D eigenvalue weighted by atomic mass is 9.80. The fourth-order valence-electron chi connectivity index (χ4n) is 3.12. The van der Waals surface area contributed by atoms with Gasteiger partial charge in [-0.15, -0.1) is 0 Å². The summed E-state index contributed by atoms with van der Waals surface area (Å²) in [5, 5.41) is 0.